The van der Waals surface area contributed by atoms with Gasteiger partial charge in [-0.15, -0.1) is 0 Å². The molecular weight excluding hydrogens is 238 g/mol. The highest BCUT2D eigenvalue weighted by Crippen LogP contribution is 2.16. The van der Waals surface area contributed by atoms with Crippen molar-refractivity contribution >= 4 is 11.0 Å². The first kappa shape index (κ1) is 11.7. The predicted molar refractivity (Wildman–Crippen MR) is 74.3 cm³/mol. The van der Waals surface area contributed by atoms with Gasteiger partial charge in [0.15, 0.2) is 0 Å². The predicted octanol–water partition coefficient (Wildman–Crippen LogP) is 2.57. The lowest BCUT2D eigenvalue weighted by Crippen LogP contribution is -1.94. The number of benzene rings is 1. The molecule has 0 N–H and O–H groups in total. The highest BCUT2D eigenvalue weighted by Gasteiger charge is 2.04. The van der Waals surface area contributed by atoms with Gasteiger partial charge in [0.25, 0.3) is 0 Å². The lowest BCUT2D eigenvalue weighted by atomic mass is 10.1. The van der Waals surface area contributed by atoms with Crippen LogP contribution >= 0.6 is 0 Å². The molecule has 0 atom stereocenters. The van der Waals surface area contributed by atoms with E-state index in [1.807, 2.05) is 36.3 Å². The van der Waals surface area contributed by atoms with E-state index in [2.05, 4.69) is 28.2 Å². The maximum Gasteiger partial charge on any atom is 0.118 e. The summed E-state index contributed by atoms with van der Waals surface area (Å²) in [5, 5.41) is 0. The second kappa shape index (κ2) is 4.72. The molecule has 0 amide bonds. The lowest BCUT2D eigenvalue weighted by Gasteiger charge is -2.04. The first-order valence-corrected chi connectivity index (χ1v) is 6.15. The summed E-state index contributed by atoms with van der Waals surface area (Å²) in [4.78, 5) is 8.72. The van der Waals surface area contributed by atoms with Crippen LogP contribution in [0, 0.1) is 0 Å². The van der Waals surface area contributed by atoms with Crippen molar-refractivity contribution in [3.8, 4) is 5.75 Å². The van der Waals surface area contributed by atoms with E-state index in [9.17, 15) is 0 Å². The Hall–Kier alpha value is -2.36. The molecule has 3 rings (SSSR count). The fraction of sp³-hybridized carbons (Fsp3) is 0.200. The summed E-state index contributed by atoms with van der Waals surface area (Å²) < 4.78 is 7.16. The van der Waals surface area contributed by atoms with E-state index in [1.54, 1.807) is 7.11 Å². The van der Waals surface area contributed by atoms with E-state index < -0.39 is 0 Å². The molecule has 19 heavy (non-hydrogen) atoms. The number of methoxy groups -OCH3 is 1. The van der Waals surface area contributed by atoms with Gasteiger partial charge in [-0.05, 0) is 23.8 Å². The van der Waals surface area contributed by atoms with Crippen molar-refractivity contribution in [2.24, 2.45) is 7.05 Å². The number of ether oxygens (including phenoxy) is 1. The second-order valence-corrected chi connectivity index (χ2v) is 4.54. The number of nitrogens with zero attached hydrogens (tertiary/aromatic N) is 3. The van der Waals surface area contributed by atoms with Gasteiger partial charge in [0, 0.05) is 19.2 Å². The minimum atomic E-state index is 0.811. The normalized spacial score (nSPS) is 10.8. The zero-order valence-corrected chi connectivity index (χ0v) is 11.0. The van der Waals surface area contributed by atoms with Gasteiger partial charge in [0.1, 0.15) is 11.3 Å². The standard InChI is InChI=1S/C15H15N3O/c1-18-10-17-14-9-16-12(8-15(14)18)7-11-3-5-13(19-2)6-4-11/h3-6,8-10H,7H2,1-2H3. The first-order chi connectivity index (χ1) is 9.26. The molecule has 0 saturated heterocycles. The summed E-state index contributed by atoms with van der Waals surface area (Å²) >= 11 is 0. The van der Waals surface area contributed by atoms with Crippen LogP contribution in [0.3, 0.4) is 0 Å². The van der Waals surface area contributed by atoms with Gasteiger partial charge in [0.05, 0.1) is 25.2 Å². The third-order valence-electron chi connectivity index (χ3n) is 3.21. The van der Waals surface area contributed by atoms with Crippen molar-refractivity contribution in [2.75, 3.05) is 7.11 Å². The molecule has 0 radical (unpaired) electrons. The van der Waals surface area contributed by atoms with Crippen LogP contribution in [0.1, 0.15) is 11.3 Å². The van der Waals surface area contributed by atoms with Gasteiger partial charge in [0.2, 0.25) is 0 Å². The van der Waals surface area contributed by atoms with Crippen molar-refractivity contribution in [3.05, 3.63) is 54.1 Å². The van der Waals surface area contributed by atoms with Crippen molar-refractivity contribution < 1.29 is 4.74 Å². The van der Waals surface area contributed by atoms with Crippen molar-refractivity contribution in [1.29, 1.82) is 0 Å². The maximum atomic E-state index is 5.16. The Morgan fingerprint density at radius 2 is 1.95 bits per heavy atom. The van der Waals surface area contributed by atoms with Gasteiger partial charge in [-0.25, -0.2) is 4.98 Å². The molecule has 96 valence electrons. The Labute approximate surface area is 111 Å². The van der Waals surface area contributed by atoms with Crippen LogP contribution in [-0.2, 0) is 13.5 Å². The summed E-state index contributed by atoms with van der Waals surface area (Å²) in [6, 6.07) is 10.2. The summed E-state index contributed by atoms with van der Waals surface area (Å²) in [6.07, 6.45) is 4.45. The van der Waals surface area contributed by atoms with E-state index >= 15 is 0 Å². The van der Waals surface area contributed by atoms with Crippen LogP contribution in [0.4, 0.5) is 0 Å². The molecule has 0 bridgehead atoms. The summed E-state index contributed by atoms with van der Waals surface area (Å²) in [5.74, 6) is 0.874. The number of aryl methyl sites for hydroxylation is 1. The van der Waals surface area contributed by atoms with Gasteiger partial charge >= 0.3 is 0 Å². The van der Waals surface area contributed by atoms with E-state index in [4.69, 9.17) is 4.74 Å². The lowest BCUT2D eigenvalue weighted by molar-refractivity contribution is 0.414. The summed E-state index contributed by atoms with van der Waals surface area (Å²) in [6.45, 7) is 0. The Bertz CT molecular complexity index is 701. The SMILES string of the molecule is COc1ccc(Cc2cc3c(cn2)ncn3C)cc1. The van der Waals surface area contributed by atoms with Crippen LogP contribution in [0.25, 0.3) is 11.0 Å². The highest BCUT2D eigenvalue weighted by atomic mass is 16.5. The van der Waals surface area contributed by atoms with Crippen LogP contribution < -0.4 is 4.74 Å². The monoisotopic (exact) mass is 253 g/mol. The summed E-state index contributed by atoms with van der Waals surface area (Å²) in [5.41, 5.74) is 4.30. The Morgan fingerprint density at radius 3 is 2.68 bits per heavy atom. The minimum absolute atomic E-state index is 0.811. The molecule has 2 heterocycles. The first-order valence-electron chi connectivity index (χ1n) is 6.15. The quantitative estimate of drug-likeness (QED) is 0.720. The van der Waals surface area contributed by atoms with Crippen LogP contribution in [0.2, 0.25) is 0 Å². The topological polar surface area (TPSA) is 39.9 Å². The Balaban J connectivity index is 1.89. The number of rotatable bonds is 3. The van der Waals surface area contributed by atoms with Gasteiger partial charge in [-0.3, -0.25) is 4.98 Å². The molecule has 0 aliphatic carbocycles. The Morgan fingerprint density at radius 1 is 1.16 bits per heavy atom. The van der Waals surface area contributed by atoms with Gasteiger partial charge in [-0.1, -0.05) is 12.1 Å². The Kier molecular flexibility index (Phi) is 2.91. The molecular formula is C15H15N3O. The van der Waals surface area contributed by atoms with Crippen molar-refractivity contribution in [1.82, 2.24) is 14.5 Å². The van der Waals surface area contributed by atoms with E-state index in [1.165, 1.54) is 5.56 Å². The summed E-state index contributed by atoms with van der Waals surface area (Å²) in [7, 11) is 3.67. The van der Waals surface area contributed by atoms with Crippen LogP contribution in [0.5, 0.6) is 5.75 Å². The van der Waals surface area contributed by atoms with Crippen molar-refractivity contribution in [3.63, 3.8) is 0 Å². The number of imidazole rings is 1. The third kappa shape index (κ3) is 2.29. The molecule has 0 fully saturated rings. The van der Waals surface area contributed by atoms with Gasteiger partial charge in [-0.2, -0.15) is 0 Å². The third-order valence-corrected chi connectivity index (χ3v) is 3.21. The van der Waals surface area contributed by atoms with Gasteiger partial charge < -0.3 is 9.30 Å². The number of hydrogen-bond donors (Lipinski definition) is 0. The van der Waals surface area contributed by atoms with E-state index in [-0.39, 0.29) is 0 Å². The smallest absolute Gasteiger partial charge is 0.118 e. The number of hydrogen-bond acceptors (Lipinski definition) is 3. The molecule has 0 saturated carbocycles. The van der Waals surface area contributed by atoms with E-state index in [0.29, 0.717) is 0 Å². The molecule has 0 aliphatic heterocycles. The fourth-order valence-corrected chi connectivity index (χ4v) is 2.12. The number of aromatic nitrogens is 3. The molecule has 0 spiro atoms. The van der Waals surface area contributed by atoms with Crippen LogP contribution in [-0.4, -0.2) is 21.6 Å². The zero-order chi connectivity index (χ0) is 13.2. The van der Waals surface area contributed by atoms with E-state index in [0.717, 1.165) is 28.9 Å². The average Bonchev–Trinajstić information content (AvgIpc) is 2.81. The molecule has 0 unspecified atom stereocenters. The molecule has 0 aliphatic rings. The maximum absolute atomic E-state index is 5.16. The van der Waals surface area contributed by atoms with Crippen LogP contribution in [0.15, 0.2) is 42.9 Å². The molecule has 4 nitrogen and oxygen atoms in total. The molecule has 4 heteroatoms. The second-order valence-electron chi connectivity index (χ2n) is 4.54. The van der Waals surface area contributed by atoms with Crippen molar-refractivity contribution in [2.45, 2.75) is 6.42 Å². The molecule has 1 aromatic carbocycles. The molecule has 3 aromatic rings. The number of fused-ring (bicyclic) bond motifs is 1. The minimum Gasteiger partial charge on any atom is -0.497 e. The molecule has 2 aromatic heterocycles. The largest absolute Gasteiger partial charge is 0.497 e. The average molecular weight is 253 g/mol. The highest BCUT2D eigenvalue weighted by molar-refractivity contribution is 5.74. The number of pyridine rings is 1. The zero-order valence-electron chi connectivity index (χ0n) is 11.0. The fourth-order valence-electron chi connectivity index (χ4n) is 2.12.